The standard InChI is InChI=1S/C75H146O17P2/c1-8-9-10-11-12-34-42-49-56-72(77)85-63-71(92-75(80)59-52-45-38-37-41-48-55-68(6)7)65-90-94(83,84)88-61-69(76)60-87-93(81,82)89-64-70(62-86-73(78)57-50-43-35-30-26-22-19-15-17-21-25-29-33-40-47-54-67(4)5)91-74(79)58-51-44-36-31-27-23-18-14-13-16-20-24-28-32-39-46-53-66(2)3/h66-71,76H,8-65H2,1-7H3,(H,81,82)(H,83,84)/t69-,70-,71-/m1/s1. The maximum atomic E-state index is 13.1. The van der Waals surface area contributed by atoms with Crippen LogP contribution in [0.2, 0.25) is 0 Å². The Morgan fingerprint density at radius 1 is 0.287 bits per heavy atom. The molecule has 3 N–H and O–H groups in total. The molecule has 0 aromatic carbocycles. The topological polar surface area (TPSA) is 237 Å². The van der Waals surface area contributed by atoms with Crippen molar-refractivity contribution in [3.63, 3.8) is 0 Å². The number of rotatable bonds is 73. The molecule has 0 aliphatic carbocycles. The van der Waals surface area contributed by atoms with Crippen LogP contribution < -0.4 is 0 Å². The lowest BCUT2D eigenvalue weighted by atomic mass is 10.0. The summed E-state index contributed by atoms with van der Waals surface area (Å²) < 4.78 is 68.3. The second kappa shape index (κ2) is 65.7. The van der Waals surface area contributed by atoms with Gasteiger partial charge in [0.2, 0.25) is 0 Å². The number of carbonyl (C=O) groups excluding carboxylic acids is 4. The van der Waals surface area contributed by atoms with Crippen LogP contribution in [-0.2, 0) is 65.4 Å². The summed E-state index contributed by atoms with van der Waals surface area (Å²) in [6.45, 7) is 11.8. The Kier molecular flexibility index (Phi) is 64.3. The van der Waals surface area contributed by atoms with Gasteiger partial charge in [0, 0.05) is 25.7 Å². The minimum Gasteiger partial charge on any atom is -0.462 e. The van der Waals surface area contributed by atoms with Crippen molar-refractivity contribution < 1.29 is 80.2 Å². The molecule has 0 rings (SSSR count). The molecule has 0 bridgehead atoms. The summed E-state index contributed by atoms with van der Waals surface area (Å²) in [7, 11) is -9.90. The van der Waals surface area contributed by atoms with Gasteiger partial charge in [-0.2, -0.15) is 0 Å². The minimum atomic E-state index is -4.96. The maximum Gasteiger partial charge on any atom is 0.472 e. The number of esters is 4. The number of phosphoric ester groups is 2. The third-order valence-electron chi connectivity index (χ3n) is 17.4. The number of aliphatic hydroxyl groups excluding tert-OH is 1. The lowest BCUT2D eigenvalue weighted by Crippen LogP contribution is -2.30. The van der Waals surface area contributed by atoms with Crippen LogP contribution in [0.4, 0.5) is 0 Å². The summed E-state index contributed by atoms with van der Waals surface area (Å²) in [5.41, 5.74) is 0. The molecule has 0 heterocycles. The van der Waals surface area contributed by atoms with Crippen molar-refractivity contribution in [1.29, 1.82) is 0 Å². The van der Waals surface area contributed by atoms with Crippen molar-refractivity contribution in [3.8, 4) is 0 Å². The Labute approximate surface area is 575 Å². The van der Waals surface area contributed by atoms with Gasteiger partial charge in [0.25, 0.3) is 0 Å². The van der Waals surface area contributed by atoms with Gasteiger partial charge in [0.15, 0.2) is 12.2 Å². The van der Waals surface area contributed by atoms with Crippen LogP contribution in [-0.4, -0.2) is 96.7 Å². The van der Waals surface area contributed by atoms with Gasteiger partial charge < -0.3 is 33.8 Å². The Hall–Kier alpha value is -1.94. The van der Waals surface area contributed by atoms with Crippen LogP contribution in [0, 0.1) is 17.8 Å². The van der Waals surface area contributed by atoms with Crippen LogP contribution in [0.5, 0.6) is 0 Å². The molecule has 5 atom stereocenters. The van der Waals surface area contributed by atoms with E-state index in [-0.39, 0.29) is 25.7 Å². The van der Waals surface area contributed by atoms with Crippen molar-refractivity contribution in [2.45, 2.75) is 401 Å². The Balaban J connectivity index is 5.18. The first-order chi connectivity index (χ1) is 45.2. The summed E-state index contributed by atoms with van der Waals surface area (Å²) in [6, 6.07) is 0. The number of carbonyl (C=O) groups is 4. The number of aliphatic hydroxyl groups is 1. The highest BCUT2D eigenvalue weighted by Crippen LogP contribution is 2.45. The van der Waals surface area contributed by atoms with E-state index in [4.69, 9.17) is 37.0 Å². The maximum absolute atomic E-state index is 13.1. The van der Waals surface area contributed by atoms with Crippen molar-refractivity contribution >= 4 is 39.5 Å². The van der Waals surface area contributed by atoms with E-state index in [1.165, 1.54) is 186 Å². The molecule has 0 aromatic heterocycles. The van der Waals surface area contributed by atoms with E-state index in [1.54, 1.807) is 0 Å². The van der Waals surface area contributed by atoms with Crippen LogP contribution >= 0.6 is 15.6 Å². The van der Waals surface area contributed by atoms with Gasteiger partial charge >= 0.3 is 39.5 Å². The van der Waals surface area contributed by atoms with Crippen LogP contribution in [0.1, 0.15) is 382 Å². The molecule has 558 valence electrons. The fraction of sp³-hybridized carbons (Fsp3) is 0.947. The molecule has 0 amide bonds. The van der Waals surface area contributed by atoms with Crippen molar-refractivity contribution in [3.05, 3.63) is 0 Å². The van der Waals surface area contributed by atoms with E-state index in [9.17, 15) is 43.2 Å². The highest BCUT2D eigenvalue weighted by atomic mass is 31.2. The van der Waals surface area contributed by atoms with E-state index in [1.807, 2.05) is 0 Å². The van der Waals surface area contributed by atoms with Crippen molar-refractivity contribution in [2.75, 3.05) is 39.6 Å². The fourth-order valence-corrected chi connectivity index (χ4v) is 13.0. The third-order valence-corrected chi connectivity index (χ3v) is 19.3. The second-order valence-electron chi connectivity index (χ2n) is 28.5. The molecule has 0 spiro atoms. The van der Waals surface area contributed by atoms with Gasteiger partial charge in [-0.3, -0.25) is 37.3 Å². The second-order valence-corrected chi connectivity index (χ2v) is 31.4. The zero-order chi connectivity index (χ0) is 69.4. The summed E-state index contributed by atoms with van der Waals surface area (Å²) in [5.74, 6) is 0.159. The molecule has 19 heteroatoms. The Bertz CT molecular complexity index is 1840. The molecule has 0 fully saturated rings. The highest BCUT2D eigenvalue weighted by molar-refractivity contribution is 7.47. The van der Waals surface area contributed by atoms with E-state index in [0.29, 0.717) is 31.6 Å². The number of phosphoric acid groups is 2. The van der Waals surface area contributed by atoms with E-state index in [0.717, 1.165) is 108 Å². The largest absolute Gasteiger partial charge is 0.472 e. The SMILES string of the molecule is CCCCCCCCCCC(=O)OC[C@H](COP(=O)(O)OC[C@H](O)COP(=O)(O)OC[C@@H](COC(=O)CCCCCCCCCCCCCCCCCC(C)C)OC(=O)CCCCCCCCCCCCCCCCCCC(C)C)OC(=O)CCCCCCCCC(C)C. The molecule has 0 aromatic rings. The predicted molar refractivity (Wildman–Crippen MR) is 381 cm³/mol. The van der Waals surface area contributed by atoms with Gasteiger partial charge in [-0.15, -0.1) is 0 Å². The lowest BCUT2D eigenvalue weighted by Gasteiger charge is -2.21. The molecular formula is C75H146O17P2. The average Bonchev–Trinajstić information content (AvgIpc) is 1.91. The Morgan fingerprint density at radius 3 is 0.723 bits per heavy atom. The quantitative estimate of drug-likeness (QED) is 0.0222. The molecule has 0 saturated heterocycles. The average molecular weight is 1380 g/mol. The van der Waals surface area contributed by atoms with Gasteiger partial charge in [0.1, 0.15) is 19.3 Å². The molecule has 0 aliphatic rings. The smallest absolute Gasteiger partial charge is 0.462 e. The van der Waals surface area contributed by atoms with Gasteiger partial charge in [-0.05, 0) is 43.4 Å². The first-order valence-electron chi connectivity index (χ1n) is 38.8. The van der Waals surface area contributed by atoms with Crippen LogP contribution in [0.15, 0.2) is 0 Å². The van der Waals surface area contributed by atoms with E-state index >= 15 is 0 Å². The summed E-state index contributed by atoms with van der Waals surface area (Å²) in [5, 5.41) is 10.6. The van der Waals surface area contributed by atoms with Crippen molar-refractivity contribution in [1.82, 2.24) is 0 Å². The molecule has 94 heavy (non-hydrogen) atoms. The molecule has 2 unspecified atom stereocenters. The highest BCUT2D eigenvalue weighted by Gasteiger charge is 2.30. The summed E-state index contributed by atoms with van der Waals surface area (Å²) >= 11 is 0. The number of hydrogen-bond acceptors (Lipinski definition) is 15. The first-order valence-corrected chi connectivity index (χ1v) is 41.8. The van der Waals surface area contributed by atoms with Crippen LogP contribution in [0.25, 0.3) is 0 Å². The summed E-state index contributed by atoms with van der Waals surface area (Å²) in [4.78, 5) is 72.6. The fourth-order valence-electron chi connectivity index (χ4n) is 11.4. The van der Waals surface area contributed by atoms with Gasteiger partial charge in [-0.25, -0.2) is 9.13 Å². The lowest BCUT2D eigenvalue weighted by molar-refractivity contribution is -0.161. The Morgan fingerprint density at radius 2 is 0.489 bits per heavy atom. The molecular weight excluding hydrogens is 1230 g/mol. The third kappa shape index (κ3) is 68.6. The first kappa shape index (κ1) is 92.1. The van der Waals surface area contributed by atoms with Gasteiger partial charge in [0.05, 0.1) is 26.4 Å². The monoisotopic (exact) mass is 1380 g/mol. The molecule has 17 nitrogen and oxygen atoms in total. The molecule has 0 saturated carbocycles. The van der Waals surface area contributed by atoms with E-state index in [2.05, 4.69) is 48.5 Å². The summed E-state index contributed by atoms with van der Waals surface area (Å²) in [6.07, 6.45) is 51.7. The normalized spacial score (nSPS) is 14.1. The van der Waals surface area contributed by atoms with Gasteiger partial charge in [-0.1, -0.05) is 331 Å². The predicted octanol–water partition coefficient (Wildman–Crippen LogP) is 21.8. The number of unbranched alkanes of at least 4 members (excludes halogenated alkanes) is 41. The van der Waals surface area contributed by atoms with Crippen LogP contribution in [0.3, 0.4) is 0 Å². The molecule has 0 aliphatic heterocycles. The van der Waals surface area contributed by atoms with Crippen molar-refractivity contribution in [2.24, 2.45) is 17.8 Å². The minimum absolute atomic E-state index is 0.102. The zero-order valence-electron chi connectivity index (χ0n) is 61.4. The van der Waals surface area contributed by atoms with E-state index < -0.39 is 97.5 Å². The molecule has 0 radical (unpaired) electrons. The number of ether oxygens (including phenoxy) is 4. The zero-order valence-corrected chi connectivity index (χ0v) is 63.2. The number of hydrogen-bond donors (Lipinski definition) is 3.